The van der Waals surface area contributed by atoms with Gasteiger partial charge in [-0.1, -0.05) is 0 Å². The molecule has 92 valence electrons. The Balaban J connectivity index is 1.92. The van der Waals surface area contributed by atoms with Gasteiger partial charge >= 0.3 is 0 Å². The van der Waals surface area contributed by atoms with Crippen LogP contribution >= 0.6 is 0 Å². The van der Waals surface area contributed by atoms with E-state index in [0.717, 1.165) is 32.1 Å². The molecular weight excluding hydrogens is 224 g/mol. The van der Waals surface area contributed by atoms with Gasteiger partial charge in [0.25, 0.3) is 0 Å². The molecule has 4 fully saturated rings. The molecule has 2 unspecified atom stereocenters. The summed E-state index contributed by atoms with van der Waals surface area (Å²) in [4.78, 5) is 0. The van der Waals surface area contributed by atoms with Gasteiger partial charge in [0.2, 0.25) is 10.0 Å². The fourth-order valence-corrected chi connectivity index (χ4v) is 5.87. The molecule has 0 aliphatic heterocycles. The van der Waals surface area contributed by atoms with Crippen LogP contribution in [0.25, 0.3) is 0 Å². The highest BCUT2D eigenvalue weighted by Gasteiger charge is 2.57. The van der Waals surface area contributed by atoms with Gasteiger partial charge in [0.05, 0.1) is 6.26 Å². The van der Waals surface area contributed by atoms with E-state index in [0.29, 0.717) is 11.8 Å². The minimum atomic E-state index is -3.12. The van der Waals surface area contributed by atoms with Crippen LogP contribution < -0.4 is 10.5 Å². The predicted octanol–water partition coefficient (Wildman–Crippen LogP) is 0.586. The monoisotopic (exact) mass is 244 g/mol. The normalized spacial score (nSPS) is 50.9. The van der Waals surface area contributed by atoms with Gasteiger partial charge in [-0.25, -0.2) is 13.1 Å². The Hall–Kier alpha value is -0.130. The molecule has 0 aromatic rings. The van der Waals surface area contributed by atoms with E-state index >= 15 is 0 Å². The van der Waals surface area contributed by atoms with Crippen LogP contribution in [0.15, 0.2) is 0 Å². The third-order valence-electron chi connectivity index (χ3n) is 4.51. The van der Waals surface area contributed by atoms with Crippen molar-refractivity contribution in [3.63, 3.8) is 0 Å². The summed E-state index contributed by atoms with van der Waals surface area (Å²) in [6, 6.07) is 0. The van der Waals surface area contributed by atoms with Gasteiger partial charge in [-0.2, -0.15) is 0 Å². The van der Waals surface area contributed by atoms with Crippen molar-refractivity contribution in [3.05, 3.63) is 0 Å². The third-order valence-corrected chi connectivity index (χ3v) is 5.31. The van der Waals surface area contributed by atoms with Crippen LogP contribution in [-0.4, -0.2) is 25.8 Å². The molecule has 3 N–H and O–H groups in total. The first-order chi connectivity index (χ1) is 7.28. The van der Waals surface area contributed by atoms with Crippen molar-refractivity contribution in [2.24, 2.45) is 17.6 Å². The van der Waals surface area contributed by atoms with Crippen molar-refractivity contribution in [2.75, 3.05) is 6.26 Å². The number of rotatable bonds is 2. The fraction of sp³-hybridized carbons (Fsp3) is 1.00. The summed E-state index contributed by atoms with van der Waals surface area (Å²) in [6.45, 7) is 0. The lowest BCUT2D eigenvalue weighted by Gasteiger charge is -2.60. The Morgan fingerprint density at radius 3 is 2.19 bits per heavy atom. The molecule has 0 aromatic heterocycles. The number of nitrogens with one attached hydrogen (secondary N) is 1. The second kappa shape index (κ2) is 3.00. The molecule has 4 aliphatic rings. The molecule has 0 saturated heterocycles. The largest absolute Gasteiger partial charge is 0.325 e. The first-order valence-electron chi connectivity index (χ1n) is 6.06. The van der Waals surface area contributed by atoms with Crippen molar-refractivity contribution >= 4 is 10.0 Å². The standard InChI is InChI=1S/C11H20N2O2S/c1-16(14,15)13-11-5-8-2-9(6-11)4-10(12,3-8)7-11/h8-9,13H,2-7,12H2,1H3. The quantitative estimate of drug-likeness (QED) is 0.746. The molecule has 0 radical (unpaired) electrons. The Morgan fingerprint density at radius 2 is 1.75 bits per heavy atom. The molecule has 4 nitrogen and oxygen atoms in total. The van der Waals surface area contributed by atoms with E-state index in [-0.39, 0.29) is 11.1 Å². The number of hydrogen-bond donors (Lipinski definition) is 2. The highest BCUT2D eigenvalue weighted by Crippen LogP contribution is 2.56. The molecule has 4 bridgehead atoms. The van der Waals surface area contributed by atoms with E-state index in [1.807, 2.05) is 0 Å². The fourth-order valence-electron chi connectivity index (χ4n) is 4.85. The van der Waals surface area contributed by atoms with Crippen LogP contribution in [0.2, 0.25) is 0 Å². The van der Waals surface area contributed by atoms with Crippen LogP contribution in [0.3, 0.4) is 0 Å². The first-order valence-corrected chi connectivity index (χ1v) is 7.95. The van der Waals surface area contributed by atoms with E-state index in [2.05, 4.69) is 4.72 Å². The number of sulfonamides is 1. The molecule has 2 atom stereocenters. The SMILES string of the molecule is CS(=O)(=O)NC12CC3CC(CC(N)(C3)C1)C2. The van der Waals surface area contributed by atoms with Gasteiger partial charge < -0.3 is 5.73 Å². The lowest BCUT2D eigenvalue weighted by atomic mass is 9.50. The summed E-state index contributed by atoms with van der Waals surface area (Å²) in [7, 11) is -3.12. The molecule has 5 heteroatoms. The zero-order chi connectivity index (χ0) is 11.6. The molecule has 4 rings (SSSR count). The van der Waals surface area contributed by atoms with Gasteiger partial charge in [-0.3, -0.25) is 0 Å². The van der Waals surface area contributed by atoms with E-state index in [1.54, 1.807) is 0 Å². The van der Waals surface area contributed by atoms with Gasteiger partial charge in [0.1, 0.15) is 0 Å². The van der Waals surface area contributed by atoms with E-state index in [4.69, 9.17) is 5.73 Å². The van der Waals surface area contributed by atoms with E-state index in [9.17, 15) is 8.42 Å². The zero-order valence-corrected chi connectivity index (χ0v) is 10.5. The molecule has 0 amide bonds. The summed E-state index contributed by atoms with van der Waals surface area (Å²) in [6.07, 6.45) is 7.53. The van der Waals surface area contributed by atoms with Crippen LogP contribution in [0.4, 0.5) is 0 Å². The molecule has 0 aromatic carbocycles. The molecular formula is C11H20N2O2S. The zero-order valence-electron chi connectivity index (χ0n) is 9.70. The van der Waals surface area contributed by atoms with E-state index < -0.39 is 10.0 Å². The van der Waals surface area contributed by atoms with Crippen molar-refractivity contribution < 1.29 is 8.42 Å². The lowest BCUT2D eigenvalue weighted by molar-refractivity contribution is -0.0249. The van der Waals surface area contributed by atoms with Crippen molar-refractivity contribution in [1.82, 2.24) is 4.72 Å². The van der Waals surface area contributed by atoms with Crippen LogP contribution in [-0.2, 0) is 10.0 Å². The van der Waals surface area contributed by atoms with Gasteiger partial charge in [0, 0.05) is 11.1 Å². The topological polar surface area (TPSA) is 72.2 Å². The van der Waals surface area contributed by atoms with Crippen LogP contribution in [0.1, 0.15) is 38.5 Å². The molecule has 0 spiro atoms. The maximum Gasteiger partial charge on any atom is 0.209 e. The maximum absolute atomic E-state index is 11.5. The third kappa shape index (κ3) is 1.79. The summed E-state index contributed by atoms with van der Waals surface area (Å²) in [5.41, 5.74) is 6.08. The van der Waals surface area contributed by atoms with Crippen molar-refractivity contribution in [1.29, 1.82) is 0 Å². The highest BCUT2D eigenvalue weighted by atomic mass is 32.2. The second-order valence-electron chi connectivity index (χ2n) is 6.48. The highest BCUT2D eigenvalue weighted by molar-refractivity contribution is 7.88. The number of hydrogen-bond acceptors (Lipinski definition) is 3. The van der Waals surface area contributed by atoms with Gasteiger partial charge in [-0.15, -0.1) is 0 Å². The smallest absolute Gasteiger partial charge is 0.209 e. The summed E-state index contributed by atoms with van der Waals surface area (Å²) in [5, 5.41) is 0. The number of nitrogens with two attached hydrogens (primary N) is 1. The molecule has 0 heterocycles. The summed E-state index contributed by atoms with van der Waals surface area (Å²) >= 11 is 0. The predicted molar refractivity (Wildman–Crippen MR) is 62.3 cm³/mol. The summed E-state index contributed by atoms with van der Waals surface area (Å²) < 4.78 is 25.8. The minimum Gasteiger partial charge on any atom is -0.325 e. The average Bonchev–Trinajstić information content (AvgIpc) is 1.91. The van der Waals surface area contributed by atoms with Crippen molar-refractivity contribution in [3.8, 4) is 0 Å². The Kier molecular flexibility index (Phi) is 2.06. The van der Waals surface area contributed by atoms with Gasteiger partial charge in [0.15, 0.2) is 0 Å². The average molecular weight is 244 g/mol. The van der Waals surface area contributed by atoms with Crippen molar-refractivity contribution in [2.45, 2.75) is 49.6 Å². The Labute approximate surface area is 97.0 Å². The molecule has 4 aliphatic carbocycles. The van der Waals surface area contributed by atoms with Crippen LogP contribution in [0, 0.1) is 11.8 Å². The second-order valence-corrected chi connectivity index (χ2v) is 8.23. The molecule has 4 saturated carbocycles. The first kappa shape index (κ1) is 11.0. The maximum atomic E-state index is 11.5. The van der Waals surface area contributed by atoms with Gasteiger partial charge in [-0.05, 0) is 50.4 Å². The van der Waals surface area contributed by atoms with E-state index in [1.165, 1.54) is 12.7 Å². The Bertz CT molecular complexity index is 404. The summed E-state index contributed by atoms with van der Waals surface area (Å²) in [5.74, 6) is 1.28. The van der Waals surface area contributed by atoms with Crippen LogP contribution in [0.5, 0.6) is 0 Å². The Morgan fingerprint density at radius 1 is 1.19 bits per heavy atom. The lowest BCUT2D eigenvalue weighted by Crippen LogP contribution is -2.67. The molecule has 16 heavy (non-hydrogen) atoms. The minimum absolute atomic E-state index is 0.0955.